The molecule has 1 aromatic rings. The van der Waals surface area contributed by atoms with Gasteiger partial charge in [0.15, 0.2) is 15.7 Å². The van der Waals surface area contributed by atoms with Crippen LogP contribution in [0.2, 0.25) is 0 Å². The molecular weight excluding hydrogens is 278 g/mol. The molecule has 0 amide bonds. The van der Waals surface area contributed by atoms with Gasteiger partial charge in [-0.05, 0) is 24.5 Å². The van der Waals surface area contributed by atoms with Gasteiger partial charge in [0.25, 0.3) is 0 Å². The number of oxime groups is 1. The molecule has 20 heavy (non-hydrogen) atoms. The number of hydrogen-bond donors (Lipinski definition) is 3. The van der Waals surface area contributed by atoms with Crippen molar-refractivity contribution in [3.8, 4) is 0 Å². The van der Waals surface area contributed by atoms with Gasteiger partial charge in [-0.3, -0.25) is 0 Å². The third kappa shape index (κ3) is 3.49. The summed E-state index contributed by atoms with van der Waals surface area (Å²) in [6, 6.07) is 7.28. The van der Waals surface area contributed by atoms with E-state index in [2.05, 4.69) is 10.5 Å². The van der Waals surface area contributed by atoms with Crippen LogP contribution in [0.3, 0.4) is 0 Å². The van der Waals surface area contributed by atoms with E-state index in [1.54, 1.807) is 6.07 Å². The SMILES string of the molecule is N/C(=N/O)c1cccc(CNCC2CCCS2(=O)=O)c1. The Balaban J connectivity index is 1.92. The van der Waals surface area contributed by atoms with Crippen LogP contribution in [-0.4, -0.2) is 37.0 Å². The summed E-state index contributed by atoms with van der Waals surface area (Å²) in [6.45, 7) is 1.02. The molecule has 0 aromatic heterocycles. The molecule has 1 fully saturated rings. The van der Waals surface area contributed by atoms with Gasteiger partial charge >= 0.3 is 0 Å². The van der Waals surface area contributed by atoms with Crippen LogP contribution in [0.25, 0.3) is 0 Å². The Morgan fingerprint density at radius 1 is 1.50 bits per heavy atom. The zero-order valence-corrected chi connectivity index (χ0v) is 11.9. The van der Waals surface area contributed by atoms with Crippen molar-refractivity contribution in [3.05, 3.63) is 35.4 Å². The smallest absolute Gasteiger partial charge is 0.170 e. The zero-order valence-electron chi connectivity index (χ0n) is 11.1. The minimum absolute atomic E-state index is 0.0604. The zero-order chi connectivity index (χ0) is 14.6. The second-order valence-corrected chi connectivity index (χ2v) is 7.35. The van der Waals surface area contributed by atoms with Gasteiger partial charge in [-0.15, -0.1) is 0 Å². The van der Waals surface area contributed by atoms with E-state index < -0.39 is 9.84 Å². The van der Waals surface area contributed by atoms with Gasteiger partial charge in [0.05, 0.1) is 11.0 Å². The number of nitrogens with one attached hydrogen (secondary N) is 1. The van der Waals surface area contributed by atoms with Gasteiger partial charge in [0, 0.05) is 18.7 Å². The first-order chi connectivity index (χ1) is 9.53. The first kappa shape index (κ1) is 14.8. The predicted octanol–water partition coefficient (Wildman–Crippen LogP) is 0.448. The van der Waals surface area contributed by atoms with Crippen molar-refractivity contribution in [2.75, 3.05) is 12.3 Å². The maximum atomic E-state index is 11.7. The Kier molecular flexibility index (Phi) is 4.61. The number of nitrogens with two attached hydrogens (primary N) is 1. The Labute approximate surface area is 118 Å². The van der Waals surface area contributed by atoms with Gasteiger partial charge in [-0.25, -0.2) is 8.42 Å². The van der Waals surface area contributed by atoms with E-state index >= 15 is 0 Å². The highest BCUT2D eigenvalue weighted by molar-refractivity contribution is 7.92. The Morgan fingerprint density at radius 2 is 2.30 bits per heavy atom. The summed E-state index contributed by atoms with van der Waals surface area (Å²) in [7, 11) is -2.90. The Hall–Kier alpha value is -1.60. The molecular formula is C13H19N3O3S. The van der Waals surface area contributed by atoms with Gasteiger partial charge in [-0.2, -0.15) is 0 Å². The molecule has 0 saturated carbocycles. The van der Waals surface area contributed by atoms with Gasteiger partial charge < -0.3 is 16.3 Å². The third-order valence-corrected chi connectivity index (χ3v) is 5.77. The lowest BCUT2D eigenvalue weighted by Crippen LogP contribution is -2.30. The maximum absolute atomic E-state index is 11.7. The van der Waals surface area contributed by atoms with E-state index in [4.69, 9.17) is 10.9 Å². The van der Waals surface area contributed by atoms with Crippen LogP contribution >= 0.6 is 0 Å². The molecule has 4 N–H and O–H groups in total. The number of nitrogens with zero attached hydrogens (tertiary/aromatic N) is 1. The van der Waals surface area contributed by atoms with Crippen molar-refractivity contribution in [2.45, 2.75) is 24.6 Å². The number of benzene rings is 1. The van der Waals surface area contributed by atoms with Gasteiger partial charge in [-0.1, -0.05) is 23.4 Å². The lowest BCUT2D eigenvalue weighted by Gasteiger charge is -2.11. The van der Waals surface area contributed by atoms with E-state index in [1.807, 2.05) is 18.2 Å². The standard InChI is InChI=1S/C13H19N3O3S/c14-13(16-17)11-4-1-3-10(7-11)8-15-9-12-5-2-6-20(12,18)19/h1,3-4,7,12,15,17H,2,5-6,8-9H2,(H2,14,16). The van der Waals surface area contributed by atoms with Crippen molar-refractivity contribution >= 4 is 15.7 Å². The molecule has 2 rings (SSSR count). The molecule has 1 saturated heterocycles. The minimum atomic E-state index is -2.90. The van der Waals surface area contributed by atoms with Crippen LogP contribution in [0.5, 0.6) is 0 Å². The van der Waals surface area contributed by atoms with E-state index in [-0.39, 0.29) is 11.1 Å². The van der Waals surface area contributed by atoms with Crippen molar-refractivity contribution in [3.63, 3.8) is 0 Å². The van der Waals surface area contributed by atoms with Crippen molar-refractivity contribution in [2.24, 2.45) is 10.9 Å². The summed E-state index contributed by atoms with van der Waals surface area (Å²) >= 11 is 0. The van der Waals surface area contributed by atoms with Crippen LogP contribution < -0.4 is 11.1 Å². The summed E-state index contributed by atoms with van der Waals surface area (Å²) in [5.41, 5.74) is 7.13. The number of sulfone groups is 1. The van der Waals surface area contributed by atoms with E-state index in [0.29, 0.717) is 24.4 Å². The first-order valence-electron chi connectivity index (χ1n) is 6.52. The molecule has 1 atom stereocenters. The highest BCUT2D eigenvalue weighted by atomic mass is 32.2. The summed E-state index contributed by atoms with van der Waals surface area (Å²) in [6.07, 6.45) is 1.49. The van der Waals surface area contributed by atoms with Crippen LogP contribution in [-0.2, 0) is 16.4 Å². The van der Waals surface area contributed by atoms with E-state index in [0.717, 1.165) is 18.4 Å². The fourth-order valence-corrected chi connectivity index (χ4v) is 4.16. The molecule has 1 heterocycles. The van der Waals surface area contributed by atoms with Gasteiger partial charge in [0.1, 0.15) is 0 Å². The average molecular weight is 297 g/mol. The molecule has 0 aliphatic carbocycles. The van der Waals surface area contributed by atoms with Crippen LogP contribution in [0.4, 0.5) is 0 Å². The normalized spacial score (nSPS) is 22.0. The fourth-order valence-electron chi connectivity index (χ4n) is 2.36. The summed E-state index contributed by atoms with van der Waals surface area (Å²) in [5.74, 6) is 0.364. The van der Waals surface area contributed by atoms with Crippen molar-refractivity contribution in [1.82, 2.24) is 5.32 Å². The quantitative estimate of drug-likeness (QED) is 0.317. The lowest BCUT2D eigenvalue weighted by atomic mass is 10.1. The molecule has 110 valence electrons. The molecule has 0 radical (unpaired) electrons. The average Bonchev–Trinajstić information content (AvgIpc) is 2.77. The van der Waals surface area contributed by atoms with Crippen LogP contribution in [0.1, 0.15) is 24.0 Å². The number of rotatable bonds is 5. The Morgan fingerprint density at radius 3 is 2.95 bits per heavy atom. The highest BCUT2D eigenvalue weighted by Crippen LogP contribution is 2.19. The fraction of sp³-hybridized carbons (Fsp3) is 0.462. The second-order valence-electron chi connectivity index (χ2n) is 4.95. The maximum Gasteiger partial charge on any atom is 0.170 e. The molecule has 6 nitrogen and oxygen atoms in total. The third-order valence-electron chi connectivity index (χ3n) is 3.49. The molecule has 1 aliphatic heterocycles. The Bertz CT molecular complexity index is 599. The highest BCUT2D eigenvalue weighted by Gasteiger charge is 2.30. The summed E-state index contributed by atoms with van der Waals surface area (Å²) < 4.78 is 23.4. The molecule has 7 heteroatoms. The van der Waals surface area contributed by atoms with E-state index in [9.17, 15) is 8.42 Å². The number of amidine groups is 1. The van der Waals surface area contributed by atoms with E-state index in [1.165, 1.54) is 0 Å². The molecule has 1 unspecified atom stereocenters. The number of hydrogen-bond acceptors (Lipinski definition) is 5. The molecule has 0 bridgehead atoms. The first-order valence-corrected chi connectivity index (χ1v) is 8.23. The largest absolute Gasteiger partial charge is 0.409 e. The molecule has 1 aliphatic rings. The topological polar surface area (TPSA) is 105 Å². The second kappa shape index (κ2) is 6.23. The van der Waals surface area contributed by atoms with Crippen LogP contribution in [0, 0.1) is 0 Å². The molecule has 1 aromatic carbocycles. The summed E-state index contributed by atoms with van der Waals surface area (Å²) in [4.78, 5) is 0. The van der Waals surface area contributed by atoms with Gasteiger partial charge in [0.2, 0.25) is 0 Å². The molecule has 0 spiro atoms. The minimum Gasteiger partial charge on any atom is -0.409 e. The summed E-state index contributed by atoms with van der Waals surface area (Å²) in [5, 5.41) is 14.5. The van der Waals surface area contributed by atoms with Crippen molar-refractivity contribution < 1.29 is 13.6 Å². The lowest BCUT2D eigenvalue weighted by molar-refractivity contribution is 0.318. The predicted molar refractivity (Wildman–Crippen MR) is 77.5 cm³/mol. The monoisotopic (exact) mass is 297 g/mol. The van der Waals surface area contributed by atoms with Crippen LogP contribution in [0.15, 0.2) is 29.4 Å². The van der Waals surface area contributed by atoms with Crippen molar-refractivity contribution in [1.29, 1.82) is 0 Å².